The summed E-state index contributed by atoms with van der Waals surface area (Å²) >= 11 is 0. The Hall–Kier alpha value is -0.530. The monoisotopic (exact) mass is 250 g/mol. The molecule has 0 radical (unpaired) electrons. The molecule has 0 aromatic rings. The predicted molar refractivity (Wildman–Crippen MR) is 71.1 cm³/mol. The van der Waals surface area contributed by atoms with E-state index in [1.54, 1.807) is 0 Å². The summed E-state index contributed by atoms with van der Waals surface area (Å²) in [5.41, 5.74) is 0.566. The highest BCUT2D eigenvalue weighted by atomic mass is 16.6. The van der Waals surface area contributed by atoms with Crippen molar-refractivity contribution in [2.24, 2.45) is 22.7 Å². The van der Waals surface area contributed by atoms with E-state index in [2.05, 4.69) is 27.7 Å². The number of hydrogen-bond donors (Lipinski definition) is 0. The molecule has 1 saturated heterocycles. The average Bonchev–Trinajstić information content (AvgIpc) is 2.53. The van der Waals surface area contributed by atoms with Crippen LogP contribution in [0.15, 0.2) is 0 Å². The Morgan fingerprint density at radius 3 is 2.50 bits per heavy atom. The zero-order chi connectivity index (χ0) is 13.2. The van der Waals surface area contributed by atoms with Gasteiger partial charge >= 0.3 is 5.97 Å². The second-order valence-electron chi connectivity index (χ2n) is 7.98. The van der Waals surface area contributed by atoms with E-state index >= 15 is 0 Å². The lowest BCUT2D eigenvalue weighted by Crippen LogP contribution is -2.55. The van der Waals surface area contributed by atoms with Crippen LogP contribution in [0.1, 0.15) is 66.2 Å². The van der Waals surface area contributed by atoms with Crippen LogP contribution in [0.5, 0.6) is 0 Å². The van der Waals surface area contributed by atoms with Gasteiger partial charge in [-0.2, -0.15) is 0 Å². The van der Waals surface area contributed by atoms with Gasteiger partial charge in [-0.3, -0.25) is 4.79 Å². The average molecular weight is 250 g/mol. The number of fused-ring (bicyclic) bond motifs is 3. The van der Waals surface area contributed by atoms with E-state index in [1.807, 2.05) is 0 Å². The molecule has 3 aliphatic rings. The van der Waals surface area contributed by atoms with E-state index in [4.69, 9.17) is 4.74 Å². The van der Waals surface area contributed by atoms with Crippen molar-refractivity contribution < 1.29 is 9.53 Å². The molecule has 102 valence electrons. The Morgan fingerprint density at radius 2 is 1.78 bits per heavy atom. The molecule has 2 heteroatoms. The van der Waals surface area contributed by atoms with Crippen LogP contribution in [-0.4, -0.2) is 11.6 Å². The van der Waals surface area contributed by atoms with Crippen molar-refractivity contribution in [3.8, 4) is 0 Å². The van der Waals surface area contributed by atoms with Crippen molar-refractivity contribution >= 4 is 5.97 Å². The van der Waals surface area contributed by atoms with Gasteiger partial charge in [0.05, 0.1) is 6.42 Å². The van der Waals surface area contributed by atoms with Crippen LogP contribution in [0.3, 0.4) is 0 Å². The van der Waals surface area contributed by atoms with Crippen LogP contribution >= 0.6 is 0 Å². The number of carbonyl (C=O) groups is 1. The van der Waals surface area contributed by atoms with Gasteiger partial charge in [-0.15, -0.1) is 0 Å². The first-order chi connectivity index (χ1) is 8.28. The van der Waals surface area contributed by atoms with Gasteiger partial charge in [0.2, 0.25) is 0 Å². The molecule has 1 heterocycles. The Balaban J connectivity index is 2.00. The van der Waals surface area contributed by atoms with Crippen molar-refractivity contribution in [1.29, 1.82) is 0 Å². The Kier molecular flexibility index (Phi) is 2.44. The highest BCUT2D eigenvalue weighted by Crippen LogP contribution is 2.64. The number of rotatable bonds is 0. The molecule has 2 nitrogen and oxygen atoms in total. The minimum atomic E-state index is -0.171. The third-order valence-corrected chi connectivity index (χ3v) is 6.46. The number of carbonyl (C=O) groups excluding carboxylic acids is 1. The van der Waals surface area contributed by atoms with Gasteiger partial charge in [0.1, 0.15) is 5.60 Å². The van der Waals surface area contributed by atoms with E-state index in [0.29, 0.717) is 23.2 Å². The minimum absolute atomic E-state index is 0.0350. The van der Waals surface area contributed by atoms with E-state index in [-0.39, 0.29) is 11.6 Å². The molecule has 0 spiro atoms. The number of ether oxygens (including phenoxy) is 1. The predicted octanol–water partition coefficient (Wildman–Crippen LogP) is 3.93. The molecule has 1 aliphatic heterocycles. The Morgan fingerprint density at radius 1 is 1.06 bits per heavy atom. The third kappa shape index (κ3) is 1.50. The van der Waals surface area contributed by atoms with E-state index < -0.39 is 0 Å². The fourth-order valence-electron chi connectivity index (χ4n) is 5.65. The summed E-state index contributed by atoms with van der Waals surface area (Å²) in [6, 6.07) is 0. The van der Waals surface area contributed by atoms with E-state index in [9.17, 15) is 4.79 Å². The lowest BCUT2D eigenvalue weighted by Gasteiger charge is -2.59. The SMILES string of the molecule is CC1(C)CCC[C@]2(C)[C@@H]1CC[C@@]1(C)OC(=O)C[C@H]21. The van der Waals surface area contributed by atoms with Crippen LogP contribution in [-0.2, 0) is 9.53 Å². The fraction of sp³-hybridized carbons (Fsp3) is 0.938. The van der Waals surface area contributed by atoms with Crippen molar-refractivity contribution in [3.63, 3.8) is 0 Å². The van der Waals surface area contributed by atoms with Gasteiger partial charge in [0, 0.05) is 5.92 Å². The summed E-state index contributed by atoms with van der Waals surface area (Å²) in [5, 5.41) is 0. The molecular weight excluding hydrogens is 224 g/mol. The molecule has 2 saturated carbocycles. The molecule has 4 atom stereocenters. The van der Waals surface area contributed by atoms with Crippen molar-refractivity contribution in [2.75, 3.05) is 0 Å². The third-order valence-electron chi connectivity index (χ3n) is 6.46. The molecule has 3 rings (SSSR count). The second-order valence-corrected chi connectivity index (χ2v) is 7.98. The maximum Gasteiger partial charge on any atom is 0.306 e. The molecule has 3 fully saturated rings. The van der Waals surface area contributed by atoms with E-state index in [0.717, 1.165) is 12.3 Å². The molecule has 0 unspecified atom stereocenters. The first-order valence-electron chi connectivity index (χ1n) is 7.50. The van der Waals surface area contributed by atoms with Gasteiger partial charge in [0.25, 0.3) is 0 Å². The summed E-state index contributed by atoms with van der Waals surface area (Å²) in [6.07, 6.45) is 6.86. The molecule has 2 aliphatic carbocycles. The topological polar surface area (TPSA) is 26.3 Å². The van der Waals surface area contributed by atoms with Crippen LogP contribution in [0.2, 0.25) is 0 Å². The molecule has 0 N–H and O–H groups in total. The number of esters is 1. The quantitative estimate of drug-likeness (QED) is 0.609. The molecule has 0 bridgehead atoms. The second kappa shape index (κ2) is 3.52. The van der Waals surface area contributed by atoms with Crippen LogP contribution in [0, 0.1) is 22.7 Å². The molecule has 0 aromatic carbocycles. The zero-order valence-electron chi connectivity index (χ0n) is 12.2. The summed E-state index contributed by atoms with van der Waals surface area (Å²) in [4.78, 5) is 11.8. The molecule has 0 aromatic heterocycles. The highest BCUT2D eigenvalue weighted by Gasteiger charge is 2.62. The lowest BCUT2D eigenvalue weighted by molar-refractivity contribution is -0.164. The Labute approximate surface area is 110 Å². The van der Waals surface area contributed by atoms with Crippen LogP contribution in [0.4, 0.5) is 0 Å². The number of hydrogen-bond acceptors (Lipinski definition) is 2. The first kappa shape index (κ1) is 12.5. The largest absolute Gasteiger partial charge is 0.459 e. The van der Waals surface area contributed by atoms with Crippen LogP contribution in [0.25, 0.3) is 0 Å². The maximum atomic E-state index is 11.8. The zero-order valence-corrected chi connectivity index (χ0v) is 12.2. The molecule has 0 amide bonds. The summed E-state index contributed by atoms with van der Waals surface area (Å²) in [7, 11) is 0. The summed E-state index contributed by atoms with van der Waals surface area (Å²) in [5.74, 6) is 1.23. The van der Waals surface area contributed by atoms with Gasteiger partial charge in [-0.05, 0) is 49.4 Å². The maximum absolute atomic E-state index is 11.8. The van der Waals surface area contributed by atoms with Crippen LogP contribution < -0.4 is 0 Å². The molecule has 18 heavy (non-hydrogen) atoms. The van der Waals surface area contributed by atoms with Gasteiger partial charge < -0.3 is 4.74 Å². The summed E-state index contributed by atoms with van der Waals surface area (Å²) in [6.45, 7) is 9.46. The van der Waals surface area contributed by atoms with Gasteiger partial charge in [0.15, 0.2) is 0 Å². The highest BCUT2D eigenvalue weighted by molar-refractivity contribution is 5.73. The fourth-order valence-corrected chi connectivity index (χ4v) is 5.65. The summed E-state index contributed by atoms with van der Waals surface area (Å²) < 4.78 is 5.70. The van der Waals surface area contributed by atoms with Gasteiger partial charge in [-0.1, -0.05) is 27.2 Å². The lowest BCUT2D eigenvalue weighted by atomic mass is 9.45. The first-order valence-corrected chi connectivity index (χ1v) is 7.50. The normalized spacial score (nSPS) is 50.3. The van der Waals surface area contributed by atoms with Crippen molar-refractivity contribution in [1.82, 2.24) is 0 Å². The standard InChI is InChI=1S/C16H26O2/c1-14(2)7-5-8-15(3)11(14)6-9-16(4)12(15)10-13(17)18-16/h11-12H,5-10H2,1-4H3/t11-,12-,15-,16-/m1/s1. The Bertz CT molecular complexity index is 387. The minimum Gasteiger partial charge on any atom is -0.459 e. The van der Waals surface area contributed by atoms with E-state index in [1.165, 1.54) is 25.7 Å². The van der Waals surface area contributed by atoms with Crippen molar-refractivity contribution in [2.45, 2.75) is 71.8 Å². The van der Waals surface area contributed by atoms with Crippen molar-refractivity contribution in [3.05, 3.63) is 0 Å². The molecular formula is C16H26O2. The smallest absolute Gasteiger partial charge is 0.306 e. The van der Waals surface area contributed by atoms with Gasteiger partial charge in [-0.25, -0.2) is 0 Å².